The predicted octanol–water partition coefficient (Wildman–Crippen LogP) is 5.33. The smallest absolute Gasteiger partial charge is 0.343 e. The number of aromatic nitrogens is 2. The van der Waals surface area contributed by atoms with Crippen LogP contribution in [0.3, 0.4) is 0 Å². The Morgan fingerprint density at radius 3 is 2.03 bits per heavy atom. The van der Waals surface area contributed by atoms with Gasteiger partial charge in [0.1, 0.15) is 5.75 Å². The van der Waals surface area contributed by atoms with Crippen LogP contribution in [0.4, 0.5) is 0 Å². The summed E-state index contributed by atoms with van der Waals surface area (Å²) in [5.74, 6) is 0.0621. The van der Waals surface area contributed by atoms with Gasteiger partial charge >= 0.3 is 5.97 Å². The molecule has 0 aliphatic carbocycles. The second-order valence-corrected chi connectivity index (χ2v) is 7.62. The fourth-order valence-corrected chi connectivity index (χ4v) is 3.73. The molecular formula is C28H20N2O3. The van der Waals surface area contributed by atoms with Crippen molar-refractivity contribution in [3.05, 3.63) is 131 Å². The first kappa shape index (κ1) is 20.4. The van der Waals surface area contributed by atoms with E-state index in [0.29, 0.717) is 16.7 Å². The van der Waals surface area contributed by atoms with Crippen molar-refractivity contribution in [1.29, 1.82) is 0 Å². The van der Waals surface area contributed by atoms with E-state index < -0.39 is 5.97 Å². The van der Waals surface area contributed by atoms with Gasteiger partial charge in [-0.15, -0.1) is 0 Å². The summed E-state index contributed by atoms with van der Waals surface area (Å²) in [5, 5.41) is 6.13. The summed E-state index contributed by atoms with van der Waals surface area (Å²) in [6.07, 6.45) is 0. The van der Waals surface area contributed by atoms with E-state index in [1.54, 1.807) is 24.3 Å². The Hall–Kier alpha value is -4.51. The highest BCUT2D eigenvalue weighted by atomic mass is 16.5. The summed E-state index contributed by atoms with van der Waals surface area (Å²) in [7, 11) is 0. The van der Waals surface area contributed by atoms with Crippen LogP contribution in [0, 0.1) is 0 Å². The number of fused-ring (bicyclic) bond motifs is 1. The van der Waals surface area contributed by atoms with Gasteiger partial charge in [-0.3, -0.25) is 4.79 Å². The molecule has 5 rings (SSSR count). The maximum atomic E-state index is 13.1. The number of benzene rings is 4. The number of esters is 1. The third-order valence-electron chi connectivity index (χ3n) is 5.39. The molecule has 5 heteroatoms. The molecular weight excluding hydrogens is 412 g/mol. The number of rotatable bonds is 5. The van der Waals surface area contributed by atoms with Crippen LogP contribution in [0.2, 0.25) is 0 Å². The van der Waals surface area contributed by atoms with E-state index in [-0.39, 0.29) is 12.1 Å². The second-order valence-electron chi connectivity index (χ2n) is 7.62. The van der Waals surface area contributed by atoms with Crippen LogP contribution in [0.1, 0.15) is 15.9 Å². The average molecular weight is 432 g/mol. The zero-order valence-corrected chi connectivity index (χ0v) is 17.7. The third kappa shape index (κ3) is 4.29. The molecule has 1 aromatic heterocycles. The number of hydrogen-bond acceptors (Lipinski definition) is 4. The molecule has 0 atom stereocenters. The molecule has 5 nitrogen and oxygen atoms in total. The van der Waals surface area contributed by atoms with Crippen LogP contribution in [0.25, 0.3) is 22.0 Å². The Kier molecular flexibility index (Phi) is 5.52. The van der Waals surface area contributed by atoms with Gasteiger partial charge in [0, 0.05) is 10.9 Å². The number of ether oxygens (including phenoxy) is 1. The maximum absolute atomic E-state index is 13.1. The summed E-state index contributed by atoms with van der Waals surface area (Å²) < 4.78 is 6.86. The van der Waals surface area contributed by atoms with Crippen LogP contribution in [0.5, 0.6) is 5.75 Å². The standard InChI is InChI=1S/C28H20N2O3/c31-27-25-14-8-7-13-24(25)26(21-9-3-1-4-10-21)29-30(27)19-20-15-17-22(18-16-20)28(32)33-23-11-5-2-6-12-23/h1-18H,19H2. The Bertz CT molecular complexity index is 1480. The summed E-state index contributed by atoms with van der Waals surface area (Å²) in [4.78, 5) is 25.5. The van der Waals surface area contributed by atoms with E-state index >= 15 is 0 Å². The number of hydrogen-bond donors (Lipinski definition) is 0. The Labute approximate surface area is 190 Å². The summed E-state index contributed by atoms with van der Waals surface area (Å²) in [6, 6.07) is 33.3. The van der Waals surface area contributed by atoms with Crippen LogP contribution >= 0.6 is 0 Å². The first-order valence-electron chi connectivity index (χ1n) is 10.6. The molecule has 0 saturated carbocycles. The van der Waals surface area contributed by atoms with E-state index in [0.717, 1.165) is 22.2 Å². The van der Waals surface area contributed by atoms with Crippen molar-refractivity contribution in [2.24, 2.45) is 0 Å². The summed E-state index contributed by atoms with van der Waals surface area (Å²) in [5.41, 5.74) is 2.84. The van der Waals surface area contributed by atoms with Crippen molar-refractivity contribution < 1.29 is 9.53 Å². The van der Waals surface area contributed by atoms with E-state index in [9.17, 15) is 9.59 Å². The highest BCUT2D eigenvalue weighted by Crippen LogP contribution is 2.24. The number of carbonyl (C=O) groups excluding carboxylic acids is 1. The zero-order valence-electron chi connectivity index (χ0n) is 17.7. The minimum atomic E-state index is -0.430. The fraction of sp³-hybridized carbons (Fsp3) is 0.0357. The molecule has 5 aromatic rings. The van der Waals surface area contributed by atoms with Crippen molar-refractivity contribution in [2.45, 2.75) is 6.54 Å². The van der Waals surface area contributed by atoms with Crippen LogP contribution < -0.4 is 10.3 Å². The normalized spacial score (nSPS) is 10.8. The predicted molar refractivity (Wildman–Crippen MR) is 128 cm³/mol. The molecule has 4 aromatic carbocycles. The molecule has 1 heterocycles. The lowest BCUT2D eigenvalue weighted by Crippen LogP contribution is -2.24. The lowest BCUT2D eigenvalue weighted by Gasteiger charge is -2.12. The van der Waals surface area contributed by atoms with Gasteiger partial charge < -0.3 is 4.74 Å². The van der Waals surface area contributed by atoms with Gasteiger partial charge in [-0.25, -0.2) is 9.48 Å². The summed E-state index contributed by atoms with van der Waals surface area (Å²) >= 11 is 0. The van der Waals surface area contributed by atoms with Crippen molar-refractivity contribution in [3.8, 4) is 17.0 Å². The van der Waals surface area contributed by atoms with Gasteiger partial charge in [0.25, 0.3) is 5.56 Å². The van der Waals surface area contributed by atoms with Gasteiger partial charge in [0.05, 0.1) is 23.2 Å². The highest BCUT2D eigenvalue weighted by Gasteiger charge is 2.13. The molecule has 0 aliphatic rings. The van der Waals surface area contributed by atoms with Crippen LogP contribution in [-0.4, -0.2) is 15.7 Å². The molecule has 0 unspecified atom stereocenters. The largest absolute Gasteiger partial charge is 0.423 e. The number of carbonyl (C=O) groups is 1. The molecule has 0 N–H and O–H groups in total. The van der Waals surface area contributed by atoms with E-state index in [4.69, 9.17) is 9.84 Å². The van der Waals surface area contributed by atoms with Crippen LogP contribution in [-0.2, 0) is 6.54 Å². The van der Waals surface area contributed by atoms with Crippen LogP contribution in [0.15, 0.2) is 114 Å². The molecule has 0 radical (unpaired) electrons. The molecule has 0 saturated heterocycles. The van der Waals surface area contributed by atoms with Gasteiger partial charge in [-0.1, -0.05) is 78.9 Å². The first-order chi connectivity index (χ1) is 16.2. The average Bonchev–Trinajstić information content (AvgIpc) is 2.87. The lowest BCUT2D eigenvalue weighted by atomic mass is 10.1. The summed E-state index contributed by atoms with van der Waals surface area (Å²) in [6.45, 7) is 0.289. The third-order valence-corrected chi connectivity index (χ3v) is 5.39. The first-order valence-corrected chi connectivity index (χ1v) is 10.6. The zero-order chi connectivity index (χ0) is 22.6. The fourth-order valence-electron chi connectivity index (χ4n) is 3.73. The molecule has 33 heavy (non-hydrogen) atoms. The van der Waals surface area contributed by atoms with Gasteiger partial charge in [-0.2, -0.15) is 5.10 Å². The van der Waals surface area contributed by atoms with Crippen molar-refractivity contribution >= 4 is 16.7 Å². The molecule has 0 bridgehead atoms. The minimum Gasteiger partial charge on any atom is -0.423 e. The van der Waals surface area contributed by atoms with Gasteiger partial charge in [0.15, 0.2) is 0 Å². The molecule has 0 spiro atoms. The van der Waals surface area contributed by atoms with Gasteiger partial charge in [-0.05, 0) is 35.9 Å². The highest BCUT2D eigenvalue weighted by molar-refractivity contribution is 5.93. The topological polar surface area (TPSA) is 61.2 Å². The SMILES string of the molecule is O=C(Oc1ccccc1)c1ccc(Cn2nc(-c3ccccc3)c3ccccc3c2=O)cc1. The Morgan fingerprint density at radius 1 is 0.727 bits per heavy atom. The van der Waals surface area contributed by atoms with Crippen molar-refractivity contribution in [3.63, 3.8) is 0 Å². The van der Waals surface area contributed by atoms with E-state index in [1.807, 2.05) is 84.9 Å². The minimum absolute atomic E-state index is 0.155. The van der Waals surface area contributed by atoms with E-state index in [2.05, 4.69) is 0 Å². The van der Waals surface area contributed by atoms with Crippen molar-refractivity contribution in [1.82, 2.24) is 9.78 Å². The Morgan fingerprint density at radius 2 is 1.33 bits per heavy atom. The molecule has 0 amide bonds. The monoisotopic (exact) mass is 432 g/mol. The second kappa shape index (κ2) is 8.93. The number of para-hydroxylation sites is 1. The Balaban J connectivity index is 1.45. The van der Waals surface area contributed by atoms with Gasteiger partial charge in [0.2, 0.25) is 0 Å². The maximum Gasteiger partial charge on any atom is 0.343 e. The van der Waals surface area contributed by atoms with E-state index in [1.165, 1.54) is 4.68 Å². The van der Waals surface area contributed by atoms with Crippen molar-refractivity contribution in [2.75, 3.05) is 0 Å². The molecule has 0 aliphatic heterocycles. The molecule has 160 valence electrons. The quantitative estimate of drug-likeness (QED) is 0.278. The number of nitrogens with zero attached hydrogens (tertiary/aromatic N) is 2. The lowest BCUT2D eigenvalue weighted by molar-refractivity contribution is 0.0735. The molecule has 0 fully saturated rings.